The molecule has 5 nitrogen and oxygen atoms in total. The first-order valence-electron chi connectivity index (χ1n) is 12.5. The molecule has 0 unspecified atom stereocenters. The maximum atomic E-state index is 13.7. The summed E-state index contributed by atoms with van der Waals surface area (Å²) in [5.41, 5.74) is 4.90. The average molecular weight is 481 g/mol. The largest absolute Gasteiger partial charge is 0.486 e. The third-order valence-corrected chi connectivity index (χ3v) is 7.22. The molecular formula is C31H28O5. The van der Waals surface area contributed by atoms with Crippen molar-refractivity contribution in [2.24, 2.45) is 5.92 Å². The normalized spacial score (nSPS) is 17.7. The van der Waals surface area contributed by atoms with Gasteiger partial charge in [-0.15, -0.1) is 0 Å². The van der Waals surface area contributed by atoms with E-state index in [9.17, 15) is 9.59 Å². The molecule has 3 aliphatic rings. The first kappa shape index (κ1) is 22.6. The topological polar surface area (TPSA) is 61.8 Å². The van der Waals surface area contributed by atoms with Crippen molar-refractivity contribution in [2.75, 3.05) is 6.61 Å². The summed E-state index contributed by atoms with van der Waals surface area (Å²) in [4.78, 5) is 26.3. The van der Waals surface area contributed by atoms with Gasteiger partial charge >= 0.3 is 5.97 Å². The second kappa shape index (κ2) is 8.37. The molecule has 0 bridgehead atoms. The van der Waals surface area contributed by atoms with E-state index in [1.807, 2.05) is 81.4 Å². The predicted octanol–water partition coefficient (Wildman–Crippen LogP) is 6.40. The Morgan fingerprint density at radius 1 is 1.00 bits per heavy atom. The van der Waals surface area contributed by atoms with Crippen LogP contribution in [0.25, 0.3) is 5.57 Å². The van der Waals surface area contributed by atoms with Crippen LogP contribution in [0.1, 0.15) is 64.9 Å². The number of aryl methyl sites for hydroxylation is 1. The second-order valence-electron chi connectivity index (χ2n) is 10.4. The molecule has 36 heavy (non-hydrogen) atoms. The van der Waals surface area contributed by atoms with Gasteiger partial charge in [0.1, 0.15) is 17.1 Å². The highest BCUT2D eigenvalue weighted by Crippen LogP contribution is 2.42. The summed E-state index contributed by atoms with van der Waals surface area (Å²) in [6.07, 6.45) is 2.92. The first-order valence-corrected chi connectivity index (χ1v) is 12.5. The van der Waals surface area contributed by atoms with E-state index in [1.165, 1.54) is 0 Å². The highest BCUT2D eigenvalue weighted by Gasteiger charge is 2.43. The maximum absolute atomic E-state index is 13.7. The fourth-order valence-corrected chi connectivity index (χ4v) is 5.12. The van der Waals surface area contributed by atoms with Gasteiger partial charge in [0, 0.05) is 23.1 Å². The van der Waals surface area contributed by atoms with Crippen LogP contribution < -0.4 is 4.74 Å². The van der Waals surface area contributed by atoms with Crippen LogP contribution in [0.15, 0.2) is 66.4 Å². The highest BCUT2D eigenvalue weighted by molar-refractivity contribution is 6.11. The molecule has 0 N–H and O–H groups in total. The van der Waals surface area contributed by atoms with Crippen LogP contribution >= 0.6 is 0 Å². The number of para-hydroxylation sites is 1. The number of hydrogen-bond acceptors (Lipinski definition) is 5. The van der Waals surface area contributed by atoms with Crippen molar-refractivity contribution in [3.63, 3.8) is 0 Å². The minimum Gasteiger partial charge on any atom is -0.486 e. The van der Waals surface area contributed by atoms with E-state index in [-0.39, 0.29) is 11.5 Å². The fraction of sp³-hybridized carbons (Fsp3) is 0.290. The molecule has 0 aromatic heterocycles. The molecule has 3 aromatic carbocycles. The lowest BCUT2D eigenvalue weighted by molar-refractivity contribution is -0.147. The zero-order chi connectivity index (χ0) is 25.0. The van der Waals surface area contributed by atoms with Crippen molar-refractivity contribution in [1.82, 2.24) is 0 Å². The monoisotopic (exact) mass is 480 g/mol. The molecule has 0 spiro atoms. The number of ether oxygens (including phenoxy) is 3. The molecule has 2 aliphatic heterocycles. The maximum Gasteiger partial charge on any atom is 0.374 e. The molecular weight excluding hydrogens is 452 g/mol. The van der Waals surface area contributed by atoms with Crippen LogP contribution in [-0.4, -0.2) is 24.0 Å². The number of carbonyl (C=O) groups is 2. The van der Waals surface area contributed by atoms with Crippen LogP contribution in [0.2, 0.25) is 0 Å². The number of esters is 1. The van der Waals surface area contributed by atoms with Gasteiger partial charge in [0.2, 0.25) is 5.76 Å². The van der Waals surface area contributed by atoms with Crippen LogP contribution in [0, 0.1) is 12.8 Å². The molecule has 3 aromatic rings. The van der Waals surface area contributed by atoms with Crippen molar-refractivity contribution in [2.45, 2.75) is 45.6 Å². The zero-order valence-electron chi connectivity index (χ0n) is 20.7. The Hall–Kier alpha value is -3.86. The summed E-state index contributed by atoms with van der Waals surface area (Å²) in [6, 6.07) is 19.2. The average Bonchev–Trinajstić information content (AvgIpc) is 3.65. The van der Waals surface area contributed by atoms with Crippen LogP contribution in [0.3, 0.4) is 0 Å². The third-order valence-electron chi connectivity index (χ3n) is 7.22. The van der Waals surface area contributed by atoms with E-state index in [2.05, 4.69) is 0 Å². The predicted molar refractivity (Wildman–Crippen MR) is 136 cm³/mol. The smallest absolute Gasteiger partial charge is 0.374 e. The standard InChI is InChI=1S/C31H28O5/c1-18-8-15-25-23(16-22-6-4-5-7-24(22)35-25)26(18)28(32)21-13-11-20(12-14-21)27-29(34-17-19-9-10-19)30(33)36-31(27,2)3/h4-8,11-15,19H,9-10,16-17H2,1-3H3. The molecule has 0 radical (unpaired) electrons. The molecule has 0 saturated heterocycles. The van der Waals surface area contributed by atoms with Gasteiger partial charge in [-0.25, -0.2) is 4.79 Å². The Labute approximate surface area is 210 Å². The number of carbonyl (C=O) groups excluding carboxylic acids is 2. The Kier molecular flexibility index (Phi) is 5.25. The Morgan fingerprint density at radius 2 is 1.75 bits per heavy atom. The summed E-state index contributed by atoms with van der Waals surface area (Å²) in [5.74, 6) is 1.89. The van der Waals surface area contributed by atoms with Gasteiger partial charge in [0.05, 0.1) is 12.2 Å². The van der Waals surface area contributed by atoms with E-state index < -0.39 is 11.6 Å². The van der Waals surface area contributed by atoms with Gasteiger partial charge in [0.15, 0.2) is 5.78 Å². The molecule has 2 heterocycles. The van der Waals surface area contributed by atoms with Crippen molar-refractivity contribution in [3.05, 3.63) is 99.8 Å². The third kappa shape index (κ3) is 3.89. The summed E-state index contributed by atoms with van der Waals surface area (Å²) < 4.78 is 17.7. The van der Waals surface area contributed by atoms with Gasteiger partial charge < -0.3 is 14.2 Å². The Balaban J connectivity index is 1.33. The van der Waals surface area contributed by atoms with E-state index >= 15 is 0 Å². The van der Waals surface area contributed by atoms with Gasteiger partial charge in [-0.1, -0.05) is 48.5 Å². The van der Waals surface area contributed by atoms with Crippen molar-refractivity contribution in [1.29, 1.82) is 0 Å². The molecule has 1 aliphatic carbocycles. The van der Waals surface area contributed by atoms with E-state index in [1.54, 1.807) is 0 Å². The number of ketones is 1. The molecule has 0 atom stereocenters. The summed E-state index contributed by atoms with van der Waals surface area (Å²) in [6.45, 7) is 6.22. The second-order valence-corrected chi connectivity index (χ2v) is 10.4. The Morgan fingerprint density at radius 3 is 2.50 bits per heavy atom. The minimum atomic E-state index is -0.804. The number of hydrogen-bond donors (Lipinski definition) is 0. The number of rotatable bonds is 6. The van der Waals surface area contributed by atoms with Crippen LogP contribution in [0.4, 0.5) is 0 Å². The minimum absolute atomic E-state index is 0.0453. The summed E-state index contributed by atoms with van der Waals surface area (Å²) in [5, 5.41) is 0. The van der Waals surface area contributed by atoms with Crippen molar-refractivity contribution in [3.8, 4) is 11.5 Å². The first-order chi connectivity index (χ1) is 17.3. The lowest BCUT2D eigenvalue weighted by atomic mass is 9.87. The van der Waals surface area contributed by atoms with Gasteiger partial charge in [-0.3, -0.25) is 4.79 Å². The van der Waals surface area contributed by atoms with Gasteiger partial charge in [-0.2, -0.15) is 0 Å². The molecule has 1 fully saturated rings. The number of fused-ring (bicyclic) bond motifs is 2. The van der Waals surface area contributed by atoms with E-state index in [0.717, 1.165) is 52.2 Å². The number of benzene rings is 3. The zero-order valence-corrected chi connectivity index (χ0v) is 20.7. The van der Waals surface area contributed by atoms with Gasteiger partial charge in [-0.05, 0) is 68.4 Å². The summed E-state index contributed by atoms with van der Waals surface area (Å²) >= 11 is 0. The lowest BCUT2D eigenvalue weighted by Gasteiger charge is -2.23. The molecule has 1 saturated carbocycles. The Bertz CT molecular complexity index is 1420. The van der Waals surface area contributed by atoms with Crippen LogP contribution in [-0.2, 0) is 20.7 Å². The van der Waals surface area contributed by atoms with Crippen molar-refractivity contribution >= 4 is 17.3 Å². The summed E-state index contributed by atoms with van der Waals surface area (Å²) in [7, 11) is 0. The molecule has 5 heteroatoms. The highest BCUT2D eigenvalue weighted by atomic mass is 16.6. The fourth-order valence-electron chi connectivity index (χ4n) is 5.12. The van der Waals surface area contributed by atoms with Crippen molar-refractivity contribution < 1.29 is 23.8 Å². The molecule has 0 amide bonds. The lowest BCUT2D eigenvalue weighted by Crippen LogP contribution is -2.22. The van der Waals surface area contributed by atoms with E-state index in [0.29, 0.717) is 30.1 Å². The van der Waals surface area contributed by atoms with E-state index in [4.69, 9.17) is 14.2 Å². The molecule has 182 valence electrons. The van der Waals surface area contributed by atoms with Gasteiger partial charge in [0.25, 0.3) is 0 Å². The SMILES string of the molecule is Cc1ccc2c(c1C(=O)c1ccc(C3=C(OCC4CC4)C(=O)OC3(C)C)cc1)Cc1ccccc1O2. The number of cyclic esters (lactones) is 1. The van der Waals surface area contributed by atoms with Crippen LogP contribution in [0.5, 0.6) is 11.5 Å². The molecule has 6 rings (SSSR count). The quantitative estimate of drug-likeness (QED) is 0.236.